The first kappa shape index (κ1) is 15.7. The minimum Gasteiger partial charge on any atom is -0.357 e. The standard InChI is InChI=1S/C16H26N4O/c1-3-13(4-2)16(21)18-12-14-17-9-8-15(19-14)20-10-6-5-7-11-20/h8-9,13H,3-7,10-12H2,1-2H3,(H,18,21). The number of piperidine rings is 1. The van der Waals surface area contributed by atoms with Gasteiger partial charge in [-0.05, 0) is 38.2 Å². The Morgan fingerprint density at radius 2 is 2.00 bits per heavy atom. The normalized spacial score (nSPS) is 15.3. The lowest BCUT2D eigenvalue weighted by Gasteiger charge is -2.27. The van der Waals surface area contributed by atoms with E-state index in [0.717, 1.165) is 31.7 Å². The topological polar surface area (TPSA) is 58.1 Å². The van der Waals surface area contributed by atoms with Crippen LogP contribution in [-0.4, -0.2) is 29.0 Å². The first-order valence-corrected chi connectivity index (χ1v) is 8.09. The van der Waals surface area contributed by atoms with Crippen LogP contribution in [0.1, 0.15) is 51.8 Å². The molecule has 0 aliphatic carbocycles. The van der Waals surface area contributed by atoms with Crippen molar-refractivity contribution < 1.29 is 4.79 Å². The molecule has 1 saturated heterocycles. The summed E-state index contributed by atoms with van der Waals surface area (Å²) in [6.45, 7) is 6.63. The molecule has 1 amide bonds. The van der Waals surface area contributed by atoms with Crippen LogP contribution in [0.3, 0.4) is 0 Å². The Hall–Kier alpha value is -1.65. The summed E-state index contributed by atoms with van der Waals surface area (Å²) in [5.41, 5.74) is 0. The molecule has 5 heteroatoms. The fourth-order valence-electron chi connectivity index (χ4n) is 2.74. The van der Waals surface area contributed by atoms with Gasteiger partial charge >= 0.3 is 0 Å². The molecular formula is C16H26N4O. The van der Waals surface area contributed by atoms with Gasteiger partial charge in [-0.15, -0.1) is 0 Å². The smallest absolute Gasteiger partial charge is 0.223 e. The molecule has 1 aliphatic heterocycles. The summed E-state index contributed by atoms with van der Waals surface area (Å²) in [5.74, 6) is 1.87. The van der Waals surface area contributed by atoms with E-state index in [1.165, 1.54) is 19.3 Å². The number of rotatable bonds is 6. The summed E-state index contributed by atoms with van der Waals surface area (Å²) in [6, 6.07) is 1.96. The summed E-state index contributed by atoms with van der Waals surface area (Å²) in [6.07, 6.45) is 7.29. The van der Waals surface area contributed by atoms with Crippen LogP contribution in [0.25, 0.3) is 0 Å². The molecule has 116 valence electrons. The van der Waals surface area contributed by atoms with Gasteiger partial charge in [-0.25, -0.2) is 9.97 Å². The van der Waals surface area contributed by atoms with E-state index in [-0.39, 0.29) is 11.8 Å². The highest BCUT2D eigenvalue weighted by atomic mass is 16.1. The van der Waals surface area contributed by atoms with Crippen LogP contribution in [0.4, 0.5) is 5.82 Å². The third-order valence-electron chi connectivity index (χ3n) is 4.15. The number of nitrogens with one attached hydrogen (secondary N) is 1. The van der Waals surface area contributed by atoms with Gasteiger partial charge in [0.2, 0.25) is 5.91 Å². The quantitative estimate of drug-likeness (QED) is 0.874. The second-order valence-electron chi connectivity index (χ2n) is 5.61. The summed E-state index contributed by atoms with van der Waals surface area (Å²) < 4.78 is 0. The van der Waals surface area contributed by atoms with E-state index >= 15 is 0 Å². The van der Waals surface area contributed by atoms with Crippen molar-refractivity contribution in [3.63, 3.8) is 0 Å². The van der Waals surface area contributed by atoms with Crippen LogP contribution in [0, 0.1) is 5.92 Å². The van der Waals surface area contributed by atoms with Crippen molar-refractivity contribution >= 4 is 11.7 Å². The summed E-state index contributed by atoms with van der Waals surface area (Å²) in [7, 11) is 0. The molecule has 5 nitrogen and oxygen atoms in total. The molecule has 1 aromatic heterocycles. The Morgan fingerprint density at radius 1 is 1.29 bits per heavy atom. The molecule has 0 radical (unpaired) electrons. The minimum atomic E-state index is 0.0928. The number of nitrogens with zero attached hydrogens (tertiary/aromatic N) is 3. The number of amides is 1. The van der Waals surface area contributed by atoms with Crippen molar-refractivity contribution in [3.8, 4) is 0 Å². The molecule has 0 bridgehead atoms. The Balaban J connectivity index is 1.93. The zero-order valence-electron chi connectivity index (χ0n) is 13.1. The predicted octanol–water partition coefficient (Wildman–Crippen LogP) is 2.52. The van der Waals surface area contributed by atoms with E-state index < -0.39 is 0 Å². The predicted molar refractivity (Wildman–Crippen MR) is 84.0 cm³/mol. The lowest BCUT2D eigenvalue weighted by molar-refractivity contribution is -0.125. The first-order valence-electron chi connectivity index (χ1n) is 8.09. The van der Waals surface area contributed by atoms with Crippen molar-refractivity contribution in [3.05, 3.63) is 18.1 Å². The average molecular weight is 290 g/mol. The van der Waals surface area contributed by atoms with Crippen LogP contribution in [-0.2, 0) is 11.3 Å². The third kappa shape index (κ3) is 4.41. The molecule has 0 spiro atoms. The van der Waals surface area contributed by atoms with Crippen molar-refractivity contribution in [1.29, 1.82) is 0 Å². The van der Waals surface area contributed by atoms with Gasteiger partial charge in [0.15, 0.2) is 0 Å². The number of anilines is 1. The molecule has 0 saturated carbocycles. The van der Waals surface area contributed by atoms with E-state index in [1.807, 2.05) is 19.9 Å². The van der Waals surface area contributed by atoms with Crippen LogP contribution in [0.5, 0.6) is 0 Å². The number of hydrogen-bond donors (Lipinski definition) is 1. The van der Waals surface area contributed by atoms with E-state index in [2.05, 4.69) is 20.2 Å². The van der Waals surface area contributed by atoms with Gasteiger partial charge in [-0.2, -0.15) is 0 Å². The maximum absolute atomic E-state index is 12.0. The van der Waals surface area contributed by atoms with Crippen LogP contribution in [0.15, 0.2) is 12.3 Å². The fourth-order valence-corrected chi connectivity index (χ4v) is 2.74. The first-order chi connectivity index (χ1) is 10.2. The number of carbonyl (C=O) groups is 1. The molecule has 1 aromatic rings. The number of carbonyl (C=O) groups excluding carboxylic acids is 1. The molecule has 2 heterocycles. The Bertz CT molecular complexity index is 453. The summed E-state index contributed by atoms with van der Waals surface area (Å²) in [5, 5.41) is 2.95. The second kappa shape index (κ2) is 7.96. The van der Waals surface area contributed by atoms with E-state index in [4.69, 9.17) is 0 Å². The van der Waals surface area contributed by atoms with Gasteiger partial charge in [0, 0.05) is 25.2 Å². The van der Waals surface area contributed by atoms with Crippen molar-refractivity contribution in [2.45, 2.75) is 52.5 Å². The molecule has 1 aliphatic rings. The largest absolute Gasteiger partial charge is 0.357 e. The van der Waals surface area contributed by atoms with Crippen LogP contribution >= 0.6 is 0 Å². The molecule has 0 aromatic carbocycles. The van der Waals surface area contributed by atoms with Gasteiger partial charge in [-0.3, -0.25) is 4.79 Å². The summed E-state index contributed by atoms with van der Waals surface area (Å²) in [4.78, 5) is 23.1. The fraction of sp³-hybridized carbons (Fsp3) is 0.688. The van der Waals surface area contributed by atoms with Gasteiger partial charge < -0.3 is 10.2 Å². The third-order valence-corrected chi connectivity index (χ3v) is 4.15. The van der Waals surface area contributed by atoms with Gasteiger partial charge in [0.25, 0.3) is 0 Å². The zero-order chi connectivity index (χ0) is 15.1. The van der Waals surface area contributed by atoms with Crippen molar-refractivity contribution in [2.75, 3.05) is 18.0 Å². The maximum atomic E-state index is 12.0. The van der Waals surface area contributed by atoms with E-state index in [1.54, 1.807) is 6.20 Å². The Morgan fingerprint density at radius 3 is 2.67 bits per heavy atom. The zero-order valence-corrected chi connectivity index (χ0v) is 13.1. The number of aromatic nitrogens is 2. The molecule has 2 rings (SSSR count). The van der Waals surface area contributed by atoms with Crippen LogP contribution in [0.2, 0.25) is 0 Å². The highest BCUT2D eigenvalue weighted by Gasteiger charge is 2.15. The highest BCUT2D eigenvalue weighted by Crippen LogP contribution is 2.17. The lowest BCUT2D eigenvalue weighted by Crippen LogP contribution is -2.32. The highest BCUT2D eigenvalue weighted by molar-refractivity contribution is 5.78. The summed E-state index contributed by atoms with van der Waals surface area (Å²) >= 11 is 0. The molecule has 21 heavy (non-hydrogen) atoms. The van der Waals surface area contributed by atoms with E-state index in [9.17, 15) is 4.79 Å². The maximum Gasteiger partial charge on any atom is 0.223 e. The molecular weight excluding hydrogens is 264 g/mol. The Labute approximate surface area is 127 Å². The lowest BCUT2D eigenvalue weighted by atomic mass is 10.0. The minimum absolute atomic E-state index is 0.0928. The second-order valence-corrected chi connectivity index (χ2v) is 5.61. The van der Waals surface area contributed by atoms with E-state index in [0.29, 0.717) is 12.4 Å². The van der Waals surface area contributed by atoms with Crippen LogP contribution < -0.4 is 10.2 Å². The molecule has 0 unspecified atom stereocenters. The van der Waals surface area contributed by atoms with Gasteiger partial charge in [0.1, 0.15) is 11.6 Å². The average Bonchev–Trinajstić information content (AvgIpc) is 2.55. The van der Waals surface area contributed by atoms with Crippen molar-refractivity contribution in [2.24, 2.45) is 5.92 Å². The van der Waals surface area contributed by atoms with Gasteiger partial charge in [0.05, 0.1) is 6.54 Å². The SMILES string of the molecule is CCC(CC)C(=O)NCc1nccc(N2CCCCC2)n1. The molecule has 1 N–H and O–H groups in total. The van der Waals surface area contributed by atoms with Crippen molar-refractivity contribution in [1.82, 2.24) is 15.3 Å². The molecule has 0 atom stereocenters. The monoisotopic (exact) mass is 290 g/mol. The van der Waals surface area contributed by atoms with Gasteiger partial charge in [-0.1, -0.05) is 13.8 Å². The number of hydrogen-bond acceptors (Lipinski definition) is 4. The molecule has 1 fully saturated rings. The Kier molecular flexibility index (Phi) is 5.96.